The van der Waals surface area contributed by atoms with Gasteiger partial charge in [-0.1, -0.05) is 39.8 Å². The number of phenolic OH excluding ortho intramolecular Hbond substituents is 1. The average Bonchev–Trinajstić information content (AvgIpc) is 4.15. The van der Waals surface area contributed by atoms with Gasteiger partial charge in [0.1, 0.15) is 54.5 Å². The van der Waals surface area contributed by atoms with Crippen LogP contribution in [0.2, 0.25) is 0 Å². The summed E-state index contributed by atoms with van der Waals surface area (Å²) in [7, 11) is 0. The highest BCUT2D eigenvalue weighted by atomic mass is 16.8. The van der Waals surface area contributed by atoms with Gasteiger partial charge in [-0.15, -0.1) is 5.23 Å². The third-order valence-corrected chi connectivity index (χ3v) is 14.9. The maximum Gasteiger partial charge on any atom is 0.311 e. The Bertz CT molecular complexity index is 3410. The number of fused-ring (bicyclic) bond motifs is 8. The van der Waals surface area contributed by atoms with E-state index in [0.717, 1.165) is 74.7 Å². The predicted molar refractivity (Wildman–Crippen MR) is 275 cm³/mol. The Morgan fingerprint density at radius 3 is 1.75 bits per heavy atom. The van der Waals surface area contributed by atoms with Crippen LogP contribution in [0.1, 0.15) is 83.9 Å². The molecule has 406 valence electrons. The molecule has 10 atom stereocenters. The number of phenols is 1. The first-order valence-electron chi connectivity index (χ1n) is 25.2. The first-order chi connectivity index (χ1) is 36.4. The number of hydrogen-bond acceptors (Lipinski definition) is 17. The lowest BCUT2D eigenvalue weighted by atomic mass is 9.97. The molecule has 7 heterocycles. The molecule has 3 aliphatic rings. The van der Waals surface area contributed by atoms with Crippen LogP contribution >= 0.6 is 0 Å². The van der Waals surface area contributed by atoms with Gasteiger partial charge in [-0.25, -0.2) is 0 Å². The summed E-state index contributed by atoms with van der Waals surface area (Å²) in [6.45, 7) is 10.6. The SMILES string of the molecule is CCc1c2[nH]c(c1CC)C=c1[nH]c(c(C)c1-c1ccc(OC3OC(CO)C(OC4OC(CO)C(O)[C@H](O)[C@H]4O)[C@H](O)[C@H]3O)c(N(O)O)c1)=Cc1[nH]c(c(-c3ccc(O)c([N+](=O)[O-])c3)c1C)C=c1[nH]c(c(CC)c1CC)=C2. The minimum atomic E-state index is -1.93. The van der Waals surface area contributed by atoms with Crippen LogP contribution in [0.3, 0.4) is 0 Å². The van der Waals surface area contributed by atoms with Gasteiger partial charge >= 0.3 is 5.69 Å². The number of rotatable bonds is 14. The standard InChI is InChI=1S/C54H64N6O16/c1-7-27-29(9-3)35-19-37-45(25-11-13-41(63)39(15-25)59(69)70)23(5)31(55-37)17-32-24(6)46(38(56-32)20-36-30(10-4)28(8-2)34(58-36)18-33(27)57-35)26-12-14-42(40(16-26)60(71)72)73-53-51(68)49(66)52(44(22-62)75-53)76-54-50(67)48(65)47(64)43(21-61)74-54/h11-20,43-44,47-58,61-68,71-72H,7-10,21-22H2,1-6H3/t43?,44?,47?,48-,49+,50+,51+,52?,53?,54?/m0/s1. The van der Waals surface area contributed by atoms with Crippen molar-refractivity contribution < 1.29 is 75.1 Å². The highest BCUT2D eigenvalue weighted by molar-refractivity contribution is 5.83. The van der Waals surface area contributed by atoms with Gasteiger partial charge in [-0.3, -0.25) is 20.5 Å². The highest BCUT2D eigenvalue weighted by Crippen LogP contribution is 2.39. The molecule has 8 bridgehead atoms. The molecule has 14 N–H and O–H groups in total. The topological polar surface area (TPSA) is 349 Å². The molecule has 6 aromatic rings. The van der Waals surface area contributed by atoms with Crippen LogP contribution in [0.5, 0.6) is 11.5 Å². The predicted octanol–water partition coefficient (Wildman–Crippen LogP) is 1.03. The minimum Gasteiger partial charge on any atom is -0.502 e. The van der Waals surface area contributed by atoms with Crippen molar-refractivity contribution in [2.45, 2.75) is 129 Å². The summed E-state index contributed by atoms with van der Waals surface area (Å²) in [5, 5.41) is 121. The van der Waals surface area contributed by atoms with Crippen molar-refractivity contribution in [1.82, 2.24) is 19.9 Å². The van der Waals surface area contributed by atoms with E-state index in [1.165, 1.54) is 24.3 Å². The van der Waals surface area contributed by atoms with E-state index in [1.54, 1.807) is 12.1 Å². The number of aliphatic hydroxyl groups excluding tert-OH is 7. The lowest BCUT2D eigenvalue weighted by Gasteiger charge is -2.45. The zero-order valence-electron chi connectivity index (χ0n) is 42.6. The monoisotopic (exact) mass is 1050 g/mol. The van der Waals surface area contributed by atoms with Crippen molar-refractivity contribution in [1.29, 1.82) is 0 Å². The molecule has 9 rings (SSSR count). The van der Waals surface area contributed by atoms with Crippen molar-refractivity contribution >= 4 is 35.7 Å². The zero-order valence-corrected chi connectivity index (χ0v) is 42.6. The van der Waals surface area contributed by atoms with Crippen LogP contribution < -0.4 is 31.4 Å². The average molecular weight is 1050 g/mol. The Hall–Kier alpha value is -6.64. The summed E-state index contributed by atoms with van der Waals surface area (Å²) in [5.74, 6) is -0.702. The van der Waals surface area contributed by atoms with Crippen LogP contribution in [-0.4, -0.2) is 151 Å². The summed E-state index contributed by atoms with van der Waals surface area (Å²) < 4.78 is 23.0. The first kappa shape index (κ1) is 54.2. The van der Waals surface area contributed by atoms with E-state index >= 15 is 0 Å². The number of aromatic amines is 4. The van der Waals surface area contributed by atoms with Crippen molar-refractivity contribution in [2.75, 3.05) is 18.4 Å². The van der Waals surface area contributed by atoms with E-state index in [4.69, 9.17) is 18.9 Å². The van der Waals surface area contributed by atoms with Crippen molar-refractivity contribution in [3.8, 4) is 33.8 Å². The van der Waals surface area contributed by atoms with Crippen LogP contribution in [0, 0.1) is 24.0 Å². The van der Waals surface area contributed by atoms with Gasteiger partial charge in [0.2, 0.25) is 6.29 Å². The fourth-order valence-electron chi connectivity index (χ4n) is 11.0. The number of nitro benzene ring substituents is 1. The summed E-state index contributed by atoms with van der Waals surface area (Å²) in [5.41, 5.74) is 10.6. The maximum atomic E-state index is 12.1. The lowest BCUT2D eigenvalue weighted by Crippen LogP contribution is -2.65. The third kappa shape index (κ3) is 9.65. The Balaban J connectivity index is 1.18. The number of H-pyrrole nitrogens is 4. The Labute approximate surface area is 434 Å². The number of ether oxygens (including phenoxy) is 4. The van der Waals surface area contributed by atoms with Gasteiger partial charge < -0.3 is 79.7 Å². The van der Waals surface area contributed by atoms with Crippen molar-refractivity contribution in [2.24, 2.45) is 0 Å². The number of nitrogens with zero attached hydrogens (tertiary/aromatic N) is 2. The van der Waals surface area contributed by atoms with E-state index in [2.05, 4.69) is 53.7 Å². The number of anilines is 1. The molecule has 2 saturated heterocycles. The minimum absolute atomic E-state index is 0.176. The first-order valence-corrected chi connectivity index (χ1v) is 25.2. The summed E-state index contributed by atoms with van der Waals surface area (Å²) in [6, 6.07) is 8.80. The molecule has 3 aliphatic heterocycles. The molecule has 0 radical (unpaired) electrons. The van der Waals surface area contributed by atoms with Crippen molar-refractivity contribution in [3.05, 3.63) is 124 Å². The number of hydrogen-bond donors (Lipinski definition) is 14. The van der Waals surface area contributed by atoms with E-state index in [9.17, 15) is 61.4 Å². The number of nitro groups is 1. The van der Waals surface area contributed by atoms with E-state index in [0.29, 0.717) is 50.8 Å². The van der Waals surface area contributed by atoms with E-state index < -0.39 is 91.0 Å². The molecule has 0 amide bonds. The largest absolute Gasteiger partial charge is 0.502 e. The van der Waals surface area contributed by atoms with Crippen LogP contribution in [-0.2, 0) is 39.9 Å². The zero-order chi connectivity index (χ0) is 54.6. The van der Waals surface area contributed by atoms with Gasteiger partial charge in [-0.05, 0) is 127 Å². The Morgan fingerprint density at radius 2 is 1.14 bits per heavy atom. The van der Waals surface area contributed by atoms with Crippen LogP contribution in [0.15, 0.2) is 36.4 Å². The van der Waals surface area contributed by atoms with E-state index in [1.807, 2.05) is 32.1 Å². The smallest absolute Gasteiger partial charge is 0.311 e. The molecular formula is C54H64N6O16. The van der Waals surface area contributed by atoms with Gasteiger partial charge in [-0.2, -0.15) is 0 Å². The maximum absolute atomic E-state index is 12.1. The second-order valence-electron chi connectivity index (χ2n) is 19.3. The van der Waals surface area contributed by atoms with Gasteiger partial charge in [0.15, 0.2) is 17.8 Å². The fourth-order valence-corrected chi connectivity index (χ4v) is 11.0. The molecule has 0 spiro atoms. The summed E-state index contributed by atoms with van der Waals surface area (Å²) in [4.78, 5) is 26.1. The molecule has 0 saturated carbocycles. The van der Waals surface area contributed by atoms with Gasteiger partial charge in [0.05, 0.1) is 18.1 Å². The molecule has 2 aromatic carbocycles. The van der Waals surface area contributed by atoms with Gasteiger partial charge in [0.25, 0.3) is 0 Å². The molecule has 6 unspecified atom stereocenters. The second-order valence-corrected chi connectivity index (χ2v) is 19.3. The molecule has 22 heteroatoms. The molecule has 22 nitrogen and oxygen atoms in total. The summed E-state index contributed by atoms with van der Waals surface area (Å²) >= 11 is 0. The number of aliphatic hydroxyl groups is 7. The van der Waals surface area contributed by atoms with E-state index in [-0.39, 0.29) is 16.7 Å². The number of aromatic hydroxyl groups is 1. The second kappa shape index (κ2) is 21.8. The molecule has 76 heavy (non-hydrogen) atoms. The number of nitrogens with one attached hydrogen (secondary N) is 4. The number of benzene rings is 2. The van der Waals surface area contributed by atoms with Gasteiger partial charge in [0, 0.05) is 61.4 Å². The van der Waals surface area contributed by atoms with Crippen LogP contribution in [0.4, 0.5) is 11.4 Å². The molecule has 0 aliphatic carbocycles. The fraction of sp³-hybridized carbons (Fsp3) is 0.407. The summed E-state index contributed by atoms with van der Waals surface area (Å²) in [6.07, 6.45) is -6.19. The quantitative estimate of drug-likeness (QED) is 0.0534. The molecule has 2 fully saturated rings. The highest BCUT2D eigenvalue weighted by Gasteiger charge is 2.51. The number of aromatic nitrogens is 4. The Kier molecular flexibility index (Phi) is 15.5. The normalized spacial score (nSPS) is 24.3. The Morgan fingerprint density at radius 1 is 0.605 bits per heavy atom. The third-order valence-electron chi connectivity index (χ3n) is 14.9. The van der Waals surface area contributed by atoms with Crippen molar-refractivity contribution in [3.63, 3.8) is 0 Å². The molecular weight excluding hydrogens is 989 g/mol. The molecule has 4 aromatic heterocycles. The van der Waals surface area contributed by atoms with Crippen LogP contribution in [0.25, 0.3) is 46.6 Å². The lowest BCUT2D eigenvalue weighted by molar-refractivity contribution is -0.385.